The van der Waals surface area contributed by atoms with Crippen LogP contribution in [0.4, 0.5) is 0 Å². The highest BCUT2D eigenvalue weighted by molar-refractivity contribution is 7.88. The third-order valence-corrected chi connectivity index (χ3v) is 6.78. The highest BCUT2D eigenvalue weighted by Crippen LogP contribution is 2.32. The fourth-order valence-corrected chi connectivity index (χ4v) is 4.33. The van der Waals surface area contributed by atoms with E-state index in [1.54, 1.807) is 19.2 Å². The van der Waals surface area contributed by atoms with Crippen molar-refractivity contribution in [2.75, 3.05) is 27.7 Å². The molecule has 1 atom stereocenters. The van der Waals surface area contributed by atoms with Crippen LogP contribution in [0.15, 0.2) is 45.9 Å². The van der Waals surface area contributed by atoms with Crippen LogP contribution in [-0.4, -0.2) is 45.4 Å². The first-order chi connectivity index (χ1) is 12.9. The van der Waals surface area contributed by atoms with Crippen molar-refractivity contribution in [2.24, 2.45) is 0 Å². The molecule has 0 saturated carbocycles. The minimum atomic E-state index is -3.54. The first-order valence-electron chi connectivity index (χ1n) is 9.31. The van der Waals surface area contributed by atoms with Crippen molar-refractivity contribution in [1.29, 1.82) is 0 Å². The number of nitrogens with zero attached hydrogens (tertiary/aromatic N) is 2. The van der Waals surface area contributed by atoms with E-state index in [-0.39, 0.29) is 11.1 Å². The molecule has 0 bridgehead atoms. The molecule has 0 amide bonds. The molecule has 1 aliphatic heterocycles. The van der Waals surface area contributed by atoms with E-state index in [0.717, 1.165) is 25.1 Å². The Bertz CT molecular complexity index is 843. The van der Waals surface area contributed by atoms with Gasteiger partial charge in [-0.2, -0.15) is 0 Å². The molecule has 1 saturated heterocycles. The molecule has 0 N–H and O–H groups in total. The lowest BCUT2D eigenvalue weighted by molar-refractivity contribution is 0.174. The van der Waals surface area contributed by atoms with Gasteiger partial charge in [0.05, 0.1) is 13.7 Å². The molecule has 2 heterocycles. The van der Waals surface area contributed by atoms with Crippen molar-refractivity contribution in [3.05, 3.63) is 47.7 Å². The van der Waals surface area contributed by atoms with Gasteiger partial charge in [-0.1, -0.05) is 25.0 Å². The van der Waals surface area contributed by atoms with Crippen LogP contribution in [0.5, 0.6) is 5.75 Å². The highest BCUT2D eigenvalue weighted by Gasteiger charge is 2.26. The van der Waals surface area contributed by atoms with Gasteiger partial charge in [-0.15, -0.1) is 0 Å². The Balaban J connectivity index is 1.81. The summed E-state index contributed by atoms with van der Waals surface area (Å²) in [4.78, 5) is 2.39. The molecular formula is C20H28N2O4S. The fraction of sp³-hybridized carbons (Fsp3) is 0.500. The maximum Gasteiger partial charge on any atom is 0.275 e. The van der Waals surface area contributed by atoms with Crippen molar-refractivity contribution in [1.82, 2.24) is 9.21 Å². The molecule has 1 aliphatic rings. The van der Waals surface area contributed by atoms with Crippen LogP contribution in [-0.2, 0) is 16.6 Å². The predicted octanol–water partition coefficient (Wildman–Crippen LogP) is 3.66. The number of furan rings is 1. The van der Waals surface area contributed by atoms with Crippen molar-refractivity contribution in [3.8, 4) is 5.75 Å². The van der Waals surface area contributed by atoms with Crippen LogP contribution < -0.4 is 4.74 Å². The molecule has 148 valence electrons. The summed E-state index contributed by atoms with van der Waals surface area (Å²) in [5.41, 5.74) is 1.25. The number of ether oxygens (including phenoxy) is 1. The zero-order chi connectivity index (χ0) is 19.4. The summed E-state index contributed by atoms with van der Waals surface area (Å²) < 4.78 is 36.6. The Labute approximate surface area is 161 Å². The third kappa shape index (κ3) is 4.54. The molecule has 0 unspecified atom stereocenters. The van der Waals surface area contributed by atoms with Gasteiger partial charge in [-0.3, -0.25) is 4.90 Å². The first-order valence-corrected chi connectivity index (χ1v) is 10.7. The second kappa shape index (κ2) is 8.46. The quantitative estimate of drug-likeness (QED) is 0.751. The predicted molar refractivity (Wildman–Crippen MR) is 104 cm³/mol. The zero-order valence-corrected chi connectivity index (χ0v) is 17.0. The Kier molecular flexibility index (Phi) is 6.24. The summed E-state index contributed by atoms with van der Waals surface area (Å²) in [6.07, 6.45) is 4.61. The Morgan fingerprint density at radius 3 is 2.52 bits per heavy atom. The monoisotopic (exact) mass is 392 g/mol. The lowest BCUT2D eigenvalue weighted by atomic mass is 10.0. The summed E-state index contributed by atoms with van der Waals surface area (Å²) >= 11 is 0. The first kappa shape index (κ1) is 19.9. The van der Waals surface area contributed by atoms with Crippen molar-refractivity contribution in [3.63, 3.8) is 0 Å². The standard InChI is InChI=1S/C20H28N2O4S/c1-21(2)27(23,24)20-13-12-18(26-20)15-22-14-6-4-5-7-19(22)16-8-10-17(25-3)11-9-16/h8-13,19H,4-7,14-15H2,1-3H3/t19-/m1/s1. The van der Waals surface area contributed by atoms with E-state index in [4.69, 9.17) is 9.15 Å². The van der Waals surface area contributed by atoms with Gasteiger partial charge < -0.3 is 9.15 Å². The second-order valence-corrected chi connectivity index (χ2v) is 9.20. The van der Waals surface area contributed by atoms with Gasteiger partial charge in [0.2, 0.25) is 5.09 Å². The average molecular weight is 393 g/mol. The normalized spacial score (nSPS) is 19.2. The molecule has 6 nitrogen and oxygen atoms in total. The maximum atomic E-state index is 12.2. The third-order valence-electron chi connectivity index (χ3n) is 5.10. The number of sulfonamides is 1. The molecule has 7 heteroatoms. The van der Waals surface area contributed by atoms with Gasteiger partial charge in [-0.25, -0.2) is 12.7 Å². The average Bonchev–Trinajstić information content (AvgIpc) is 3.01. The molecule has 1 fully saturated rings. The SMILES string of the molecule is COc1ccc([C@H]2CCCCCN2Cc2ccc(S(=O)(=O)N(C)C)o2)cc1. The van der Waals surface area contributed by atoms with Crippen molar-refractivity contribution >= 4 is 10.0 Å². The molecule has 0 radical (unpaired) electrons. The summed E-state index contributed by atoms with van der Waals surface area (Å²) in [5.74, 6) is 1.53. The van der Waals surface area contributed by atoms with Gasteiger partial charge in [-0.05, 0) is 49.2 Å². The van der Waals surface area contributed by atoms with E-state index in [1.807, 2.05) is 12.1 Å². The smallest absolute Gasteiger partial charge is 0.275 e. The van der Waals surface area contributed by atoms with Crippen LogP contribution in [0.3, 0.4) is 0 Å². The fourth-order valence-electron chi connectivity index (χ4n) is 3.52. The van der Waals surface area contributed by atoms with Gasteiger partial charge in [0.25, 0.3) is 10.0 Å². The molecule has 2 aromatic rings. The van der Waals surface area contributed by atoms with Crippen LogP contribution >= 0.6 is 0 Å². The zero-order valence-electron chi connectivity index (χ0n) is 16.2. The van der Waals surface area contributed by atoms with Crippen LogP contribution in [0.25, 0.3) is 0 Å². The van der Waals surface area contributed by atoms with Gasteiger partial charge in [0.15, 0.2) is 0 Å². The number of likely N-dealkylation sites (tertiary alicyclic amines) is 1. The molecule has 3 rings (SSSR count). The number of methoxy groups -OCH3 is 1. The molecule has 0 aliphatic carbocycles. The molecular weight excluding hydrogens is 364 g/mol. The highest BCUT2D eigenvalue weighted by atomic mass is 32.2. The minimum absolute atomic E-state index is 0.00156. The van der Waals surface area contributed by atoms with Gasteiger partial charge in [0.1, 0.15) is 11.5 Å². The van der Waals surface area contributed by atoms with Crippen molar-refractivity contribution < 1.29 is 17.6 Å². The van der Waals surface area contributed by atoms with E-state index >= 15 is 0 Å². The van der Waals surface area contributed by atoms with E-state index in [0.29, 0.717) is 12.3 Å². The number of hydrogen-bond donors (Lipinski definition) is 0. The number of rotatable bonds is 6. The van der Waals surface area contributed by atoms with E-state index in [2.05, 4.69) is 17.0 Å². The van der Waals surface area contributed by atoms with E-state index in [1.165, 1.54) is 36.8 Å². The largest absolute Gasteiger partial charge is 0.497 e. The van der Waals surface area contributed by atoms with Crippen LogP contribution in [0.1, 0.15) is 43.0 Å². The summed E-state index contributed by atoms with van der Waals surface area (Å²) in [6.45, 7) is 1.56. The Hall–Kier alpha value is -1.83. The Morgan fingerprint density at radius 2 is 1.85 bits per heavy atom. The molecule has 0 spiro atoms. The molecule has 1 aromatic carbocycles. The maximum absolute atomic E-state index is 12.2. The van der Waals surface area contributed by atoms with Crippen LogP contribution in [0, 0.1) is 0 Å². The summed E-state index contributed by atoms with van der Waals surface area (Å²) in [5, 5.41) is -0.00156. The van der Waals surface area contributed by atoms with Gasteiger partial charge in [0, 0.05) is 20.1 Å². The summed E-state index contributed by atoms with van der Waals surface area (Å²) in [6, 6.07) is 11.8. The van der Waals surface area contributed by atoms with Crippen LogP contribution in [0.2, 0.25) is 0 Å². The van der Waals surface area contributed by atoms with Gasteiger partial charge >= 0.3 is 0 Å². The van der Waals surface area contributed by atoms with E-state index in [9.17, 15) is 8.42 Å². The lowest BCUT2D eigenvalue weighted by Gasteiger charge is -2.29. The lowest BCUT2D eigenvalue weighted by Crippen LogP contribution is -2.28. The summed E-state index contributed by atoms with van der Waals surface area (Å²) in [7, 11) is 1.14. The molecule has 27 heavy (non-hydrogen) atoms. The van der Waals surface area contributed by atoms with E-state index < -0.39 is 10.0 Å². The topological polar surface area (TPSA) is 63.0 Å². The number of benzene rings is 1. The Morgan fingerprint density at radius 1 is 1.11 bits per heavy atom. The minimum Gasteiger partial charge on any atom is -0.497 e. The second-order valence-electron chi connectivity index (χ2n) is 7.12. The van der Waals surface area contributed by atoms with Crippen molar-refractivity contribution in [2.45, 2.75) is 43.4 Å². The molecule has 1 aromatic heterocycles. The number of hydrogen-bond acceptors (Lipinski definition) is 5.